The van der Waals surface area contributed by atoms with Crippen molar-refractivity contribution < 1.29 is 27.9 Å². The summed E-state index contributed by atoms with van der Waals surface area (Å²) in [6.07, 6.45) is 1.50. The summed E-state index contributed by atoms with van der Waals surface area (Å²) in [5, 5.41) is 11.4. The van der Waals surface area contributed by atoms with Gasteiger partial charge in [-0.05, 0) is 43.3 Å². The van der Waals surface area contributed by atoms with E-state index in [4.69, 9.17) is 13.3 Å². The van der Waals surface area contributed by atoms with Crippen molar-refractivity contribution >= 4 is 22.7 Å². The first-order chi connectivity index (χ1) is 14.5. The molecule has 5 rings (SSSR count). The second-order valence-corrected chi connectivity index (χ2v) is 7.10. The molecule has 0 radical (unpaired) electrons. The number of para-hydroxylation sites is 1. The summed E-state index contributed by atoms with van der Waals surface area (Å²) in [6, 6.07) is 14.7. The molecule has 1 unspecified atom stereocenters. The molecule has 1 atom stereocenters. The van der Waals surface area contributed by atoms with Crippen LogP contribution in [0.2, 0.25) is 0 Å². The highest BCUT2D eigenvalue weighted by atomic mass is 16.4. The summed E-state index contributed by atoms with van der Waals surface area (Å²) in [7, 11) is 0. The topological polar surface area (TPSA) is 97.0 Å². The van der Waals surface area contributed by atoms with Gasteiger partial charge in [0.1, 0.15) is 28.9 Å². The van der Waals surface area contributed by atoms with Crippen LogP contribution in [0.3, 0.4) is 0 Å². The Morgan fingerprint density at radius 3 is 2.63 bits per heavy atom. The zero-order chi connectivity index (χ0) is 20.8. The van der Waals surface area contributed by atoms with Gasteiger partial charge in [-0.1, -0.05) is 18.2 Å². The van der Waals surface area contributed by atoms with Gasteiger partial charge in [-0.15, -0.1) is 0 Å². The lowest BCUT2D eigenvalue weighted by Crippen LogP contribution is -2.30. The lowest BCUT2D eigenvalue weighted by atomic mass is 9.99. The number of aliphatic hydroxyl groups excluding tert-OH is 1. The predicted molar refractivity (Wildman–Crippen MR) is 106 cm³/mol. The van der Waals surface area contributed by atoms with Gasteiger partial charge in [0.2, 0.25) is 5.78 Å². The summed E-state index contributed by atoms with van der Waals surface area (Å²) >= 11 is 0. The van der Waals surface area contributed by atoms with Crippen molar-refractivity contribution in [3.8, 4) is 0 Å². The molecule has 1 aromatic carbocycles. The Kier molecular flexibility index (Phi) is 4.10. The van der Waals surface area contributed by atoms with Gasteiger partial charge in [0.15, 0.2) is 11.5 Å². The van der Waals surface area contributed by atoms with E-state index in [1.54, 1.807) is 49.4 Å². The summed E-state index contributed by atoms with van der Waals surface area (Å²) in [5.74, 6) is -0.317. The van der Waals surface area contributed by atoms with Gasteiger partial charge in [-0.3, -0.25) is 9.59 Å². The average Bonchev–Trinajstić information content (AvgIpc) is 3.51. The number of aryl methyl sites for hydroxylation is 1. The molecule has 0 aliphatic carbocycles. The molecule has 1 aliphatic rings. The van der Waals surface area contributed by atoms with Crippen LogP contribution in [-0.2, 0) is 11.3 Å². The number of ketones is 1. The number of nitrogens with zero attached hydrogens (tertiary/aromatic N) is 1. The highest BCUT2D eigenvalue weighted by Crippen LogP contribution is 2.41. The van der Waals surface area contributed by atoms with E-state index in [1.807, 2.05) is 12.1 Å². The Hall–Kier alpha value is -4.00. The largest absolute Gasteiger partial charge is 0.503 e. The summed E-state index contributed by atoms with van der Waals surface area (Å²) in [6.45, 7) is 1.83. The Labute approximate surface area is 170 Å². The first kappa shape index (κ1) is 18.1. The van der Waals surface area contributed by atoms with Crippen LogP contribution in [0.15, 0.2) is 85.4 Å². The Morgan fingerprint density at radius 1 is 1.10 bits per heavy atom. The fourth-order valence-corrected chi connectivity index (χ4v) is 3.74. The van der Waals surface area contributed by atoms with Crippen molar-refractivity contribution in [1.82, 2.24) is 4.90 Å². The first-order valence-corrected chi connectivity index (χ1v) is 9.39. The van der Waals surface area contributed by atoms with Gasteiger partial charge >= 0.3 is 0 Å². The molecule has 4 heterocycles. The van der Waals surface area contributed by atoms with E-state index in [2.05, 4.69) is 0 Å². The third-order valence-electron chi connectivity index (χ3n) is 5.13. The summed E-state index contributed by atoms with van der Waals surface area (Å²) < 4.78 is 16.8. The zero-order valence-corrected chi connectivity index (χ0v) is 16.0. The number of hydrogen-bond donors (Lipinski definition) is 1. The maximum Gasteiger partial charge on any atom is 0.290 e. The molecular formula is C23H17NO6. The number of aliphatic hydroxyl groups is 1. The van der Waals surface area contributed by atoms with E-state index >= 15 is 0 Å². The van der Waals surface area contributed by atoms with Crippen LogP contribution in [0.4, 0.5) is 0 Å². The molecule has 4 aromatic rings. The SMILES string of the molecule is Cc1ccc(C2C(C(=O)c3cc4ccccc4o3)=C(O)C(=O)N2Cc2ccco2)o1. The van der Waals surface area contributed by atoms with Gasteiger partial charge in [0.25, 0.3) is 5.91 Å². The number of carbonyl (C=O) groups is 2. The van der Waals surface area contributed by atoms with E-state index in [1.165, 1.54) is 11.2 Å². The van der Waals surface area contributed by atoms with Crippen molar-refractivity contribution in [2.75, 3.05) is 0 Å². The highest BCUT2D eigenvalue weighted by molar-refractivity contribution is 6.15. The number of Topliss-reactive ketones (excluding diaryl/α,β-unsaturated/α-hetero) is 1. The number of fused-ring (bicyclic) bond motifs is 1. The van der Waals surface area contributed by atoms with E-state index in [9.17, 15) is 14.7 Å². The molecule has 1 aliphatic heterocycles. The van der Waals surface area contributed by atoms with Crippen LogP contribution in [-0.4, -0.2) is 21.7 Å². The molecule has 0 saturated carbocycles. The van der Waals surface area contributed by atoms with Gasteiger partial charge < -0.3 is 23.3 Å². The normalized spacial score (nSPS) is 16.8. The maximum absolute atomic E-state index is 13.4. The van der Waals surface area contributed by atoms with Crippen LogP contribution in [0.1, 0.15) is 33.9 Å². The number of furan rings is 3. The van der Waals surface area contributed by atoms with Crippen molar-refractivity contribution in [1.29, 1.82) is 0 Å². The molecule has 1 N–H and O–H groups in total. The minimum absolute atomic E-state index is 0.0404. The molecule has 7 heteroatoms. The van der Waals surface area contributed by atoms with E-state index in [0.29, 0.717) is 22.9 Å². The molecule has 0 bridgehead atoms. The molecular weight excluding hydrogens is 386 g/mol. The van der Waals surface area contributed by atoms with E-state index in [0.717, 1.165) is 5.39 Å². The van der Waals surface area contributed by atoms with Gasteiger partial charge in [0, 0.05) is 5.39 Å². The van der Waals surface area contributed by atoms with Crippen molar-refractivity contribution in [3.63, 3.8) is 0 Å². The molecule has 3 aromatic heterocycles. The molecule has 30 heavy (non-hydrogen) atoms. The Balaban J connectivity index is 1.60. The average molecular weight is 403 g/mol. The van der Waals surface area contributed by atoms with Crippen LogP contribution in [0, 0.1) is 6.92 Å². The smallest absolute Gasteiger partial charge is 0.290 e. The van der Waals surface area contributed by atoms with Gasteiger partial charge in [0.05, 0.1) is 18.4 Å². The van der Waals surface area contributed by atoms with Crippen LogP contribution < -0.4 is 0 Å². The molecule has 7 nitrogen and oxygen atoms in total. The van der Waals surface area contributed by atoms with Crippen molar-refractivity contribution in [2.24, 2.45) is 0 Å². The fraction of sp³-hybridized carbons (Fsp3) is 0.130. The number of amides is 1. The predicted octanol–water partition coefficient (Wildman–Crippen LogP) is 4.71. The second-order valence-electron chi connectivity index (χ2n) is 7.10. The number of hydrogen-bond acceptors (Lipinski definition) is 6. The monoisotopic (exact) mass is 403 g/mol. The zero-order valence-electron chi connectivity index (χ0n) is 16.0. The fourth-order valence-electron chi connectivity index (χ4n) is 3.74. The Bertz CT molecular complexity index is 1260. The minimum atomic E-state index is -0.906. The number of carbonyl (C=O) groups excluding carboxylic acids is 2. The summed E-state index contributed by atoms with van der Waals surface area (Å²) in [4.78, 5) is 27.6. The third-order valence-corrected chi connectivity index (χ3v) is 5.13. The van der Waals surface area contributed by atoms with Gasteiger partial charge in [-0.25, -0.2) is 0 Å². The van der Waals surface area contributed by atoms with Crippen LogP contribution in [0.25, 0.3) is 11.0 Å². The minimum Gasteiger partial charge on any atom is -0.503 e. The van der Waals surface area contributed by atoms with Gasteiger partial charge in [-0.2, -0.15) is 0 Å². The van der Waals surface area contributed by atoms with Crippen molar-refractivity contribution in [3.05, 3.63) is 95.2 Å². The molecule has 150 valence electrons. The first-order valence-electron chi connectivity index (χ1n) is 9.39. The molecule has 0 saturated heterocycles. The third kappa shape index (κ3) is 2.83. The van der Waals surface area contributed by atoms with Crippen LogP contribution in [0.5, 0.6) is 0 Å². The molecule has 1 amide bonds. The number of benzene rings is 1. The van der Waals surface area contributed by atoms with E-state index < -0.39 is 23.5 Å². The highest BCUT2D eigenvalue weighted by Gasteiger charge is 2.46. The van der Waals surface area contributed by atoms with Crippen molar-refractivity contribution in [2.45, 2.75) is 19.5 Å². The summed E-state index contributed by atoms with van der Waals surface area (Å²) in [5.41, 5.74) is 0.461. The van der Waals surface area contributed by atoms with E-state index in [-0.39, 0.29) is 17.9 Å². The second kappa shape index (κ2) is 6.81. The Morgan fingerprint density at radius 2 is 1.93 bits per heavy atom. The number of rotatable bonds is 5. The molecule has 0 spiro atoms. The van der Waals surface area contributed by atoms with Crippen LogP contribution >= 0.6 is 0 Å². The molecule has 0 fully saturated rings. The quantitative estimate of drug-likeness (QED) is 0.485. The lowest BCUT2D eigenvalue weighted by Gasteiger charge is -2.23. The standard InChI is InChI=1S/C23H17NO6/c1-13-8-9-17(29-13)20-19(21(25)18-11-14-5-2-3-7-16(14)30-18)22(26)23(27)24(20)12-15-6-4-10-28-15/h2-11,20,26H,12H2,1H3. The maximum atomic E-state index is 13.4. The lowest BCUT2D eigenvalue weighted by molar-refractivity contribution is -0.130.